The van der Waals surface area contributed by atoms with E-state index in [1.807, 2.05) is 0 Å². The molecule has 0 fully saturated rings. The van der Waals surface area contributed by atoms with E-state index in [4.69, 9.17) is 14.2 Å². The fourth-order valence-corrected chi connectivity index (χ4v) is 1.75. The number of ether oxygens (including phenoxy) is 3. The zero-order valence-corrected chi connectivity index (χ0v) is 14.4. The summed E-state index contributed by atoms with van der Waals surface area (Å²) < 4.78 is 14.4. The third-order valence-corrected chi connectivity index (χ3v) is 2.72. The minimum absolute atomic E-state index is 0.0428. The second-order valence-corrected chi connectivity index (χ2v) is 4.60. The molecule has 0 aromatic rings. The van der Waals surface area contributed by atoms with E-state index >= 15 is 0 Å². The third-order valence-electron chi connectivity index (χ3n) is 2.72. The molecule has 0 unspecified atom stereocenters. The van der Waals surface area contributed by atoms with Crippen molar-refractivity contribution in [3.8, 4) is 0 Å². The number of carbonyl (C=O) groups excluding carboxylic acids is 3. The number of carbonyl (C=O) groups is 3. The Labute approximate surface area is 140 Å². The lowest BCUT2D eigenvalue weighted by Gasteiger charge is -2.22. The molecule has 10 heteroatoms. The maximum Gasteiger partial charge on any atom is 0.327 e. The average molecular weight is 347 g/mol. The van der Waals surface area contributed by atoms with Crippen molar-refractivity contribution in [2.75, 3.05) is 52.5 Å². The molecule has 0 atom stereocenters. The minimum atomic E-state index is -0.584. The molecule has 0 aliphatic rings. The summed E-state index contributed by atoms with van der Waals surface area (Å²) in [4.78, 5) is 46.8. The van der Waals surface area contributed by atoms with Crippen LogP contribution >= 0.6 is 0 Å². The van der Waals surface area contributed by atoms with Gasteiger partial charge in [-0.3, -0.25) is 19.3 Å². The van der Waals surface area contributed by atoms with E-state index < -0.39 is 17.9 Å². The van der Waals surface area contributed by atoms with Crippen molar-refractivity contribution in [2.24, 2.45) is 5.29 Å². The Kier molecular flexibility index (Phi) is 12.0. The molecule has 0 aliphatic carbocycles. The van der Waals surface area contributed by atoms with Crippen molar-refractivity contribution < 1.29 is 28.6 Å². The smallest absolute Gasteiger partial charge is 0.327 e. The van der Waals surface area contributed by atoms with Crippen LogP contribution in [0.3, 0.4) is 0 Å². The Morgan fingerprint density at radius 3 is 1.54 bits per heavy atom. The highest BCUT2D eigenvalue weighted by Crippen LogP contribution is 1.97. The van der Waals surface area contributed by atoms with E-state index in [1.165, 1.54) is 4.90 Å². The first-order chi connectivity index (χ1) is 11.5. The number of esters is 3. The quantitative estimate of drug-likeness (QED) is 0.196. The summed E-state index contributed by atoms with van der Waals surface area (Å²) in [6.45, 7) is 5.23. The lowest BCUT2D eigenvalue weighted by molar-refractivity contribution is -0.149. The van der Waals surface area contributed by atoms with Crippen molar-refractivity contribution in [2.45, 2.75) is 20.8 Å². The van der Waals surface area contributed by atoms with E-state index in [0.717, 1.165) is 5.01 Å². The van der Waals surface area contributed by atoms with Crippen LogP contribution in [0.25, 0.3) is 0 Å². The standard InChI is InChI=1S/C14H25N3O7/c1-4-22-12(18)9-16(10-13(19)23-5-2)7-8-17(15-21)11-14(20)24-6-3/h4-11H2,1-3H3. The van der Waals surface area contributed by atoms with Crippen LogP contribution in [0.15, 0.2) is 5.29 Å². The molecule has 0 saturated carbocycles. The number of nitroso groups, excluding NO2 is 1. The maximum atomic E-state index is 11.6. The first-order valence-corrected chi connectivity index (χ1v) is 7.74. The van der Waals surface area contributed by atoms with Crippen molar-refractivity contribution in [3.63, 3.8) is 0 Å². The molecule has 24 heavy (non-hydrogen) atoms. The molecular weight excluding hydrogens is 322 g/mol. The molecule has 0 radical (unpaired) electrons. The normalized spacial score (nSPS) is 10.2. The molecule has 0 saturated heterocycles. The molecule has 0 rings (SSSR count). The zero-order valence-electron chi connectivity index (χ0n) is 14.4. The molecule has 10 nitrogen and oxygen atoms in total. The Balaban J connectivity index is 4.59. The van der Waals surface area contributed by atoms with Gasteiger partial charge in [-0.1, -0.05) is 0 Å². The summed E-state index contributed by atoms with van der Waals surface area (Å²) in [5.74, 6) is -1.59. The topological polar surface area (TPSA) is 115 Å². The monoisotopic (exact) mass is 347 g/mol. The van der Waals surface area contributed by atoms with Crippen molar-refractivity contribution in [3.05, 3.63) is 4.91 Å². The van der Waals surface area contributed by atoms with Gasteiger partial charge in [0, 0.05) is 6.54 Å². The van der Waals surface area contributed by atoms with E-state index in [1.54, 1.807) is 20.8 Å². The van der Waals surface area contributed by atoms with E-state index in [0.29, 0.717) is 0 Å². The summed E-state index contributed by atoms with van der Waals surface area (Å²) >= 11 is 0. The predicted molar refractivity (Wildman–Crippen MR) is 83.7 cm³/mol. The fourth-order valence-electron chi connectivity index (χ4n) is 1.75. The summed E-state index contributed by atoms with van der Waals surface area (Å²) in [6.07, 6.45) is 0. The molecule has 0 bridgehead atoms. The van der Waals surface area contributed by atoms with Gasteiger partial charge in [-0.25, -0.2) is 5.01 Å². The Hall–Kier alpha value is -2.23. The highest BCUT2D eigenvalue weighted by Gasteiger charge is 2.18. The minimum Gasteiger partial charge on any atom is -0.465 e. The molecule has 0 heterocycles. The first kappa shape index (κ1) is 21.8. The number of rotatable bonds is 13. The van der Waals surface area contributed by atoms with Gasteiger partial charge in [0.25, 0.3) is 0 Å². The second-order valence-electron chi connectivity index (χ2n) is 4.60. The molecule has 0 aliphatic heterocycles. The Morgan fingerprint density at radius 2 is 1.17 bits per heavy atom. The summed E-state index contributed by atoms with van der Waals surface area (Å²) in [6, 6.07) is 0. The molecule has 0 N–H and O–H groups in total. The van der Waals surface area contributed by atoms with E-state index in [-0.39, 0.29) is 52.5 Å². The van der Waals surface area contributed by atoms with Crippen molar-refractivity contribution in [1.29, 1.82) is 0 Å². The average Bonchev–Trinajstić information content (AvgIpc) is 2.51. The van der Waals surface area contributed by atoms with Gasteiger partial charge in [0.1, 0.15) is 6.54 Å². The van der Waals surface area contributed by atoms with Gasteiger partial charge in [-0.05, 0) is 20.8 Å². The SMILES string of the molecule is CCOC(=O)CN(CCN(CC(=O)OCC)N=O)CC(=O)OCC. The summed E-state index contributed by atoms with van der Waals surface area (Å²) in [5.41, 5.74) is 0. The van der Waals surface area contributed by atoms with Crippen LogP contribution in [-0.2, 0) is 28.6 Å². The summed E-state index contributed by atoms with van der Waals surface area (Å²) in [7, 11) is 0. The van der Waals surface area contributed by atoms with Crippen LogP contribution < -0.4 is 0 Å². The highest BCUT2D eigenvalue weighted by molar-refractivity contribution is 5.75. The van der Waals surface area contributed by atoms with E-state index in [9.17, 15) is 19.3 Å². The number of nitrogens with zero attached hydrogens (tertiary/aromatic N) is 3. The molecule has 0 amide bonds. The zero-order chi connectivity index (χ0) is 18.4. The maximum absolute atomic E-state index is 11.6. The van der Waals surface area contributed by atoms with Crippen molar-refractivity contribution >= 4 is 17.9 Å². The lowest BCUT2D eigenvalue weighted by Crippen LogP contribution is -2.41. The van der Waals surface area contributed by atoms with Gasteiger partial charge in [0.15, 0.2) is 0 Å². The molecule has 0 aromatic carbocycles. The lowest BCUT2D eigenvalue weighted by atomic mass is 10.4. The Bertz CT molecular complexity index is 397. The Morgan fingerprint density at radius 1 is 0.750 bits per heavy atom. The predicted octanol–water partition coefficient (Wildman–Crippen LogP) is -0.0389. The molecule has 138 valence electrons. The molecule has 0 aromatic heterocycles. The first-order valence-electron chi connectivity index (χ1n) is 7.74. The van der Waals surface area contributed by atoms with Crippen LogP contribution in [0.4, 0.5) is 0 Å². The highest BCUT2D eigenvalue weighted by atomic mass is 16.5. The van der Waals surface area contributed by atoms with Gasteiger partial charge in [0.05, 0.1) is 44.7 Å². The molecule has 0 spiro atoms. The van der Waals surface area contributed by atoms with Gasteiger partial charge < -0.3 is 14.2 Å². The van der Waals surface area contributed by atoms with E-state index in [2.05, 4.69) is 5.29 Å². The van der Waals surface area contributed by atoms with Gasteiger partial charge in [-0.2, -0.15) is 0 Å². The third kappa shape index (κ3) is 10.5. The number of hydrogen-bond donors (Lipinski definition) is 0. The summed E-state index contributed by atoms with van der Waals surface area (Å²) in [5, 5.41) is 3.70. The largest absolute Gasteiger partial charge is 0.465 e. The second kappa shape index (κ2) is 13.2. The van der Waals surface area contributed by atoms with Gasteiger partial charge in [-0.15, -0.1) is 4.91 Å². The van der Waals surface area contributed by atoms with Gasteiger partial charge >= 0.3 is 17.9 Å². The van der Waals surface area contributed by atoms with Crippen LogP contribution in [0.5, 0.6) is 0 Å². The molecular formula is C14H25N3O7. The van der Waals surface area contributed by atoms with Crippen LogP contribution in [0.2, 0.25) is 0 Å². The van der Waals surface area contributed by atoms with Crippen LogP contribution in [-0.4, -0.2) is 80.4 Å². The van der Waals surface area contributed by atoms with Gasteiger partial charge in [0.2, 0.25) is 0 Å². The van der Waals surface area contributed by atoms with Crippen molar-refractivity contribution in [1.82, 2.24) is 9.91 Å². The van der Waals surface area contributed by atoms with Crippen LogP contribution in [0, 0.1) is 4.91 Å². The number of hydrogen-bond acceptors (Lipinski definition) is 9. The fraction of sp³-hybridized carbons (Fsp3) is 0.786. The van der Waals surface area contributed by atoms with Crippen LogP contribution in [0.1, 0.15) is 20.8 Å².